The van der Waals surface area contributed by atoms with Crippen molar-refractivity contribution in [3.8, 4) is 0 Å². The Labute approximate surface area is 91.2 Å². The zero-order chi connectivity index (χ0) is 8.32. The molecule has 1 aromatic heterocycles. The molecule has 0 atom stereocenters. The summed E-state index contributed by atoms with van der Waals surface area (Å²) in [5.41, 5.74) is 0. The minimum Gasteiger partial charge on any atom is -1.00 e. The number of nitrogens with zero attached hydrogens (tertiary/aromatic N) is 1. The normalized spacial score (nSPS) is 10.9. The van der Waals surface area contributed by atoms with E-state index in [2.05, 4.69) is 21.1 Å². The number of furan rings is 1. The Morgan fingerprint density at radius 1 is 1.33 bits per heavy atom. The highest BCUT2D eigenvalue weighted by Crippen LogP contribution is 2.03. The van der Waals surface area contributed by atoms with Crippen molar-refractivity contribution in [2.24, 2.45) is 0 Å². The second-order valence-corrected chi connectivity index (χ2v) is 3.84. The summed E-state index contributed by atoms with van der Waals surface area (Å²) in [5.74, 6) is 1.08. The van der Waals surface area contributed by atoms with E-state index in [0.29, 0.717) is 0 Å². The predicted molar refractivity (Wildman–Crippen MR) is 45.3 cm³/mol. The summed E-state index contributed by atoms with van der Waals surface area (Å²) in [6, 6.07) is 3.96. The average molecular weight is 281 g/mol. The molecule has 0 radical (unpaired) electrons. The molecule has 0 aliphatic rings. The molecule has 3 heteroatoms. The fourth-order valence-electron chi connectivity index (χ4n) is 0.900. The summed E-state index contributed by atoms with van der Waals surface area (Å²) in [6.45, 7) is 1.12. The average Bonchev–Trinajstić information content (AvgIpc) is 2.32. The van der Waals surface area contributed by atoms with Crippen LogP contribution in [0.2, 0.25) is 0 Å². The third-order valence-electron chi connectivity index (χ3n) is 1.61. The molecule has 2 nitrogen and oxygen atoms in total. The van der Waals surface area contributed by atoms with E-state index in [0.717, 1.165) is 23.2 Å². The van der Waals surface area contributed by atoms with E-state index in [1.807, 2.05) is 12.1 Å². The first-order valence-corrected chi connectivity index (χ1v) is 3.91. The molecule has 0 amide bonds. The summed E-state index contributed by atoms with van der Waals surface area (Å²) in [6.07, 6.45) is 2.75. The van der Waals surface area contributed by atoms with E-state index >= 15 is 0 Å². The molecular weight excluding hydrogens is 265 g/mol. The smallest absolute Gasteiger partial charge is 0.109 e. The van der Waals surface area contributed by atoms with Crippen molar-refractivity contribution in [2.45, 2.75) is 6.42 Å². The molecule has 0 saturated carbocycles. The van der Waals surface area contributed by atoms with Crippen LogP contribution in [0.4, 0.5) is 0 Å². The van der Waals surface area contributed by atoms with Gasteiger partial charge in [-0.05, 0) is 12.1 Å². The molecule has 0 fully saturated rings. The van der Waals surface area contributed by atoms with Crippen molar-refractivity contribution in [2.75, 3.05) is 27.7 Å². The van der Waals surface area contributed by atoms with E-state index in [-0.39, 0.29) is 24.0 Å². The Bertz CT molecular complexity index is 201. The standard InChI is InChI=1S/C9H16NO.HI/c1-10(2,3)7-6-9-5-4-8-11-9;/h4-5,8H,6-7H2,1-3H3;1H/q+1;/p-1. The van der Waals surface area contributed by atoms with Gasteiger partial charge in [-0.3, -0.25) is 0 Å². The highest BCUT2D eigenvalue weighted by Gasteiger charge is 2.07. The van der Waals surface area contributed by atoms with Crippen LogP contribution in [0.5, 0.6) is 0 Å². The van der Waals surface area contributed by atoms with E-state index in [1.165, 1.54) is 0 Å². The van der Waals surface area contributed by atoms with E-state index in [4.69, 9.17) is 4.42 Å². The number of halogens is 1. The van der Waals surface area contributed by atoms with Crippen molar-refractivity contribution in [1.29, 1.82) is 0 Å². The van der Waals surface area contributed by atoms with Gasteiger partial charge in [-0.2, -0.15) is 0 Å². The van der Waals surface area contributed by atoms with Crippen LogP contribution in [0.1, 0.15) is 5.76 Å². The minimum atomic E-state index is 0. The second kappa shape index (κ2) is 4.87. The largest absolute Gasteiger partial charge is 1.00 e. The Kier molecular flexibility index (Phi) is 4.85. The Balaban J connectivity index is 0.00000121. The Hall–Kier alpha value is -0.0300. The van der Waals surface area contributed by atoms with Crippen LogP contribution in [0.3, 0.4) is 0 Å². The number of hydrogen-bond donors (Lipinski definition) is 0. The summed E-state index contributed by atoms with van der Waals surface area (Å²) >= 11 is 0. The van der Waals surface area contributed by atoms with Crippen LogP contribution in [0, 0.1) is 0 Å². The van der Waals surface area contributed by atoms with Crippen molar-refractivity contribution >= 4 is 0 Å². The highest BCUT2D eigenvalue weighted by atomic mass is 127. The van der Waals surface area contributed by atoms with Crippen LogP contribution >= 0.6 is 0 Å². The van der Waals surface area contributed by atoms with Crippen molar-refractivity contribution < 1.29 is 32.9 Å². The number of likely N-dealkylation sites (N-methyl/N-ethyl adjacent to an activating group) is 1. The van der Waals surface area contributed by atoms with Gasteiger partial charge >= 0.3 is 0 Å². The van der Waals surface area contributed by atoms with Crippen molar-refractivity contribution in [1.82, 2.24) is 0 Å². The summed E-state index contributed by atoms with van der Waals surface area (Å²) in [7, 11) is 6.55. The van der Waals surface area contributed by atoms with Gasteiger partial charge in [-0.1, -0.05) is 0 Å². The van der Waals surface area contributed by atoms with E-state index < -0.39 is 0 Å². The lowest BCUT2D eigenvalue weighted by molar-refractivity contribution is -0.870. The molecule has 0 unspecified atom stereocenters. The maximum absolute atomic E-state index is 5.22. The van der Waals surface area contributed by atoms with Crippen molar-refractivity contribution in [3.63, 3.8) is 0 Å². The highest BCUT2D eigenvalue weighted by molar-refractivity contribution is 4.97. The molecule has 0 aromatic carbocycles. The SMILES string of the molecule is C[N+](C)(C)CCc1ccco1.[I-]. The lowest BCUT2D eigenvalue weighted by Gasteiger charge is -2.22. The number of rotatable bonds is 3. The maximum atomic E-state index is 5.22. The molecule has 0 aliphatic heterocycles. The van der Waals surface area contributed by atoms with Gasteiger partial charge in [0.15, 0.2) is 0 Å². The summed E-state index contributed by atoms with van der Waals surface area (Å²) in [4.78, 5) is 0. The van der Waals surface area contributed by atoms with Gasteiger partial charge in [0.25, 0.3) is 0 Å². The lowest BCUT2D eigenvalue weighted by Crippen LogP contribution is -3.00. The van der Waals surface area contributed by atoms with Crippen LogP contribution < -0.4 is 24.0 Å². The Morgan fingerprint density at radius 3 is 2.42 bits per heavy atom. The van der Waals surface area contributed by atoms with E-state index in [9.17, 15) is 0 Å². The van der Waals surface area contributed by atoms with Crippen molar-refractivity contribution in [3.05, 3.63) is 24.2 Å². The summed E-state index contributed by atoms with van der Waals surface area (Å²) < 4.78 is 6.21. The molecule has 12 heavy (non-hydrogen) atoms. The molecule has 0 aliphatic carbocycles. The third-order valence-corrected chi connectivity index (χ3v) is 1.61. The molecular formula is C9H16INO. The van der Waals surface area contributed by atoms with Gasteiger partial charge in [0.1, 0.15) is 5.76 Å². The molecule has 0 spiro atoms. The predicted octanol–water partition coefficient (Wildman–Crippen LogP) is -1.47. The first-order valence-electron chi connectivity index (χ1n) is 3.91. The third kappa shape index (κ3) is 4.77. The molecule has 0 saturated heterocycles. The molecule has 1 heterocycles. The second-order valence-electron chi connectivity index (χ2n) is 3.84. The van der Waals surface area contributed by atoms with Gasteiger partial charge in [-0.15, -0.1) is 0 Å². The van der Waals surface area contributed by atoms with Gasteiger partial charge in [0, 0.05) is 0 Å². The molecule has 1 rings (SSSR count). The lowest BCUT2D eigenvalue weighted by atomic mass is 10.3. The first-order chi connectivity index (χ1) is 5.08. The zero-order valence-corrected chi connectivity index (χ0v) is 10.0. The topological polar surface area (TPSA) is 13.1 Å². The van der Waals surface area contributed by atoms with Crippen LogP contribution in [-0.2, 0) is 6.42 Å². The minimum absolute atomic E-state index is 0. The van der Waals surface area contributed by atoms with Gasteiger partial charge in [-0.25, -0.2) is 0 Å². The maximum Gasteiger partial charge on any atom is 0.109 e. The van der Waals surface area contributed by atoms with Gasteiger partial charge in [0.05, 0.1) is 40.4 Å². The molecule has 0 bridgehead atoms. The zero-order valence-electron chi connectivity index (χ0n) is 7.88. The fraction of sp³-hybridized carbons (Fsp3) is 0.556. The van der Waals surface area contributed by atoms with Crippen LogP contribution in [0.15, 0.2) is 22.8 Å². The van der Waals surface area contributed by atoms with Crippen LogP contribution in [-0.4, -0.2) is 32.2 Å². The van der Waals surface area contributed by atoms with Gasteiger partial charge < -0.3 is 32.9 Å². The molecule has 70 valence electrons. The first kappa shape index (κ1) is 12.0. The van der Waals surface area contributed by atoms with Gasteiger partial charge in [0.2, 0.25) is 0 Å². The Morgan fingerprint density at radius 2 is 2.00 bits per heavy atom. The monoisotopic (exact) mass is 281 g/mol. The van der Waals surface area contributed by atoms with Crippen LogP contribution in [0.25, 0.3) is 0 Å². The quantitative estimate of drug-likeness (QED) is 0.487. The molecule has 0 N–H and O–H groups in total. The molecule has 1 aromatic rings. The van der Waals surface area contributed by atoms with E-state index in [1.54, 1.807) is 6.26 Å². The fourth-order valence-corrected chi connectivity index (χ4v) is 0.900. The number of quaternary nitrogens is 1. The summed E-state index contributed by atoms with van der Waals surface area (Å²) in [5, 5.41) is 0. The number of hydrogen-bond acceptors (Lipinski definition) is 1.